The number of likely N-dealkylation sites (tertiary alicyclic amines) is 1. The summed E-state index contributed by atoms with van der Waals surface area (Å²) in [7, 11) is 1.56. The molecule has 158 valence electrons. The number of amides is 2. The second-order valence-electron chi connectivity index (χ2n) is 7.33. The Morgan fingerprint density at radius 3 is 2.80 bits per heavy atom. The summed E-state index contributed by atoms with van der Waals surface area (Å²) < 4.78 is 29.5. The topological polar surface area (TPSA) is 77.1 Å². The van der Waals surface area contributed by atoms with Crippen molar-refractivity contribution in [1.29, 1.82) is 0 Å². The molecular weight excluding hydrogens is 391 g/mol. The fourth-order valence-electron chi connectivity index (χ4n) is 3.93. The Labute approximate surface area is 173 Å². The number of benzene rings is 2. The molecule has 2 atom stereocenters. The quantitative estimate of drug-likeness (QED) is 0.734. The van der Waals surface area contributed by atoms with Gasteiger partial charge in [0.2, 0.25) is 12.7 Å². The van der Waals surface area contributed by atoms with Crippen molar-refractivity contribution >= 4 is 11.8 Å². The maximum absolute atomic E-state index is 13.8. The Morgan fingerprint density at radius 1 is 1.17 bits per heavy atom. The Balaban J connectivity index is 1.56. The van der Waals surface area contributed by atoms with E-state index in [0.717, 1.165) is 0 Å². The van der Waals surface area contributed by atoms with Gasteiger partial charge in [0.25, 0.3) is 5.91 Å². The fourth-order valence-corrected chi connectivity index (χ4v) is 3.93. The van der Waals surface area contributed by atoms with Gasteiger partial charge < -0.3 is 24.4 Å². The van der Waals surface area contributed by atoms with E-state index >= 15 is 0 Å². The van der Waals surface area contributed by atoms with E-state index in [4.69, 9.17) is 14.2 Å². The average Bonchev–Trinajstić information content (AvgIpc) is 3.40. The van der Waals surface area contributed by atoms with Crippen LogP contribution in [0.3, 0.4) is 0 Å². The van der Waals surface area contributed by atoms with Crippen molar-refractivity contribution in [2.75, 3.05) is 40.1 Å². The largest absolute Gasteiger partial charge is 0.454 e. The van der Waals surface area contributed by atoms with Gasteiger partial charge in [-0.15, -0.1) is 0 Å². The third-order valence-electron chi connectivity index (χ3n) is 5.45. The predicted octanol–water partition coefficient (Wildman–Crippen LogP) is 2.17. The van der Waals surface area contributed by atoms with Gasteiger partial charge in [0.05, 0.1) is 12.5 Å². The van der Waals surface area contributed by atoms with E-state index in [1.165, 1.54) is 12.1 Å². The van der Waals surface area contributed by atoms with Gasteiger partial charge in [-0.25, -0.2) is 4.39 Å². The van der Waals surface area contributed by atoms with Crippen LogP contribution in [0.5, 0.6) is 11.5 Å². The normalized spacial score (nSPS) is 19.7. The molecule has 7 nitrogen and oxygen atoms in total. The highest BCUT2D eigenvalue weighted by molar-refractivity contribution is 5.96. The molecule has 2 aliphatic heterocycles. The maximum Gasteiger partial charge on any atom is 0.254 e. The summed E-state index contributed by atoms with van der Waals surface area (Å²) in [5.74, 6) is -0.421. The molecule has 30 heavy (non-hydrogen) atoms. The van der Waals surface area contributed by atoms with Gasteiger partial charge in [0, 0.05) is 38.2 Å². The van der Waals surface area contributed by atoms with Gasteiger partial charge in [-0.05, 0) is 35.9 Å². The number of hydrogen-bond acceptors (Lipinski definition) is 5. The highest BCUT2D eigenvalue weighted by Crippen LogP contribution is 2.36. The molecule has 0 aromatic heterocycles. The number of methoxy groups -OCH3 is 1. The smallest absolute Gasteiger partial charge is 0.254 e. The van der Waals surface area contributed by atoms with E-state index in [1.54, 1.807) is 42.3 Å². The van der Waals surface area contributed by atoms with Crippen LogP contribution in [0.1, 0.15) is 21.8 Å². The number of nitrogens with zero attached hydrogens (tertiary/aromatic N) is 1. The van der Waals surface area contributed by atoms with Crippen molar-refractivity contribution in [3.63, 3.8) is 0 Å². The number of carbonyl (C=O) groups excluding carboxylic acids is 2. The molecule has 8 heteroatoms. The van der Waals surface area contributed by atoms with Crippen LogP contribution in [0.25, 0.3) is 0 Å². The highest BCUT2D eigenvalue weighted by atomic mass is 19.1. The van der Waals surface area contributed by atoms with E-state index < -0.39 is 5.92 Å². The number of rotatable bonds is 6. The first-order valence-electron chi connectivity index (χ1n) is 9.78. The molecule has 0 saturated carbocycles. The molecule has 2 heterocycles. The van der Waals surface area contributed by atoms with Gasteiger partial charge in [-0.2, -0.15) is 0 Å². The fraction of sp³-hybridized carbons (Fsp3) is 0.364. The van der Waals surface area contributed by atoms with Gasteiger partial charge in [-0.1, -0.05) is 12.1 Å². The molecule has 0 aliphatic carbocycles. The van der Waals surface area contributed by atoms with Crippen LogP contribution >= 0.6 is 0 Å². The summed E-state index contributed by atoms with van der Waals surface area (Å²) in [5, 5.41) is 2.84. The first-order valence-corrected chi connectivity index (χ1v) is 9.78. The predicted molar refractivity (Wildman–Crippen MR) is 106 cm³/mol. The minimum Gasteiger partial charge on any atom is -0.454 e. The zero-order valence-corrected chi connectivity index (χ0v) is 16.6. The summed E-state index contributed by atoms with van der Waals surface area (Å²) in [4.78, 5) is 27.6. The Morgan fingerprint density at radius 2 is 2.00 bits per heavy atom. The number of hydrogen-bond donors (Lipinski definition) is 1. The third kappa shape index (κ3) is 4.09. The molecule has 2 aromatic rings. The Hall–Kier alpha value is -3.13. The first-order chi connectivity index (χ1) is 14.6. The minimum absolute atomic E-state index is 0.127. The lowest BCUT2D eigenvalue weighted by atomic mass is 9.88. The van der Waals surface area contributed by atoms with Crippen LogP contribution in [0.15, 0.2) is 42.5 Å². The van der Waals surface area contributed by atoms with E-state index in [1.807, 2.05) is 0 Å². The first kappa shape index (κ1) is 20.2. The van der Waals surface area contributed by atoms with Crippen molar-refractivity contribution in [1.82, 2.24) is 10.2 Å². The monoisotopic (exact) mass is 414 g/mol. The summed E-state index contributed by atoms with van der Waals surface area (Å²) in [5.41, 5.74) is 1.15. The summed E-state index contributed by atoms with van der Waals surface area (Å²) in [6.45, 7) is 1.45. The molecule has 0 bridgehead atoms. The van der Waals surface area contributed by atoms with Gasteiger partial charge in [0.15, 0.2) is 11.5 Å². The van der Waals surface area contributed by atoms with Crippen molar-refractivity contribution in [2.24, 2.45) is 5.92 Å². The van der Waals surface area contributed by atoms with Gasteiger partial charge in [-0.3, -0.25) is 9.59 Å². The number of ether oxygens (including phenoxy) is 3. The number of carbonyl (C=O) groups is 2. The lowest BCUT2D eigenvalue weighted by Gasteiger charge is -2.18. The molecule has 0 spiro atoms. The average molecular weight is 414 g/mol. The summed E-state index contributed by atoms with van der Waals surface area (Å²) in [6.07, 6.45) is 0. The minimum atomic E-state index is -0.485. The third-order valence-corrected chi connectivity index (χ3v) is 5.45. The lowest BCUT2D eigenvalue weighted by Crippen LogP contribution is -2.37. The molecule has 2 aliphatic rings. The van der Waals surface area contributed by atoms with Gasteiger partial charge in [0.1, 0.15) is 5.82 Å². The maximum atomic E-state index is 13.8. The molecule has 1 saturated heterocycles. The zero-order chi connectivity index (χ0) is 21.1. The SMILES string of the molecule is COCCNC(=O)[C@@H]1CN(C(=O)c2ccc3c(c2)OCO3)C[C@@H]1c1cccc(F)c1. The second kappa shape index (κ2) is 8.71. The number of nitrogens with one attached hydrogen (secondary N) is 1. The lowest BCUT2D eigenvalue weighted by molar-refractivity contribution is -0.125. The van der Waals surface area contributed by atoms with Crippen molar-refractivity contribution in [3.8, 4) is 11.5 Å². The van der Waals surface area contributed by atoms with E-state index in [0.29, 0.717) is 42.3 Å². The van der Waals surface area contributed by atoms with Crippen LogP contribution in [-0.4, -0.2) is 56.9 Å². The summed E-state index contributed by atoms with van der Waals surface area (Å²) in [6, 6.07) is 11.2. The number of fused-ring (bicyclic) bond motifs is 1. The molecule has 2 aromatic carbocycles. The van der Waals surface area contributed by atoms with Crippen LogP contribution in [0.4, 0.5) is 4.39 Å². The standard InChI is InChI=1S/C22H23FN2O5/c1-28-8-7-24-21(26)18-12-25(11-17(18)14-3-2-4-16(23)9-14)22(27)15-5-6-19-20(10-15)30-13-29-19/h2-6,9-10,17-18H,7-8,11-13H2,1H3,(H,24,26)/t17-,18-/m1/s1. The van der Waals surface area contributed by atoms with Gasteiger partial charge >= 0.3 is 0 Å². The van der Waals surface area contributed by atoms with Crippen LogP contribution in [0, 0.1) is 11.7 Å². The molecule has 4 rings (SSSR count). The molecule has 1 N–H and O–H groups in total. The molecule has 0 unspecified atom stereocenters. The molecule has 1 fully saturated rings. The van der Waals surface area contributed by atoms with Crippen LogP contribution < -0.4 is 14.8 Å². The number of halogens is 1. The van der Waals surface area contributed by atoms with Crippen molar-refractivity contribution in [3.05, 3.63) is 59.4 Å². The Bertz CT molecular complexity index is 951. The van der Waals surface area contributed by atoms with Crippen LogP contribution in [-0.2, 0) is 9.53 Å². The van der Waals surface area contributed by atoms with E-state index in [9.17, 15) is 14.0 Å². The van der Waals surface area contributed by atoms with Crippen LogP contribution in [0.2, 0.25) is 0 Å². The van der Waals surface area contributed by atoms with E-state index in [-0.39, 0.29) is 36.9 Å². The second-order valence-corrected chi connectivity index (χ2v) is 7.33. The van der Waals surface area contributed by atoms with Crippen molar-refractivity contribution in [2.45, 2.75) is 5.92 Å². The molecule has 2 amide bonds. The highest BCUT2D eigenvalue weighted by Gasteiger charge is 2.40. The molecular formula is C22H23FN2O5. The van der Waals surface area contributed by atoms with Crippen molar-refractivity contribution < 1.29 is 28.2 Å². The zero-order valence-electron chi connectivity index (χ0n) is 16.6. The molecule has 0 radical (unpaired) electrons. The Kier molecular flexibility index (Phi) is 5.85. The summed E-state index contributed by atoms with van der Waals surface area (Å²) >= 11 is 0. The van der Waals surface area contributed by atoms with E-state index in [2.05, 4.69) is 5.32 Å².